The molecule has 124 valence electrons. The van der Waals surface area contributed by atoms with Crippen LogP contribution in [-0.4, -0.2) is 48.8 Å². The van der Waals surface area contributed by atoms with Crippen LogP contribution in [0.25, 0.3) is 0 Å². The van der Waals surface area contributed by atoms with Crippen LogP contribution in [0.1, 0.15) is 40.5 Å². The van der Waals surface area contributed by atoms with Gasteiger partial charge in [0.25, 0.3) is 0 Å². The maximum Gasteiger partial charge on any atom is 0.242 e. The minimum absolute atomic E-state index is 0.0580. The highest BCUT2D eigenvalue weighted by Gasteiger charge is 2.58. The Balaban J connectivity index is 0.00000116. The summed E-state index contributed by atoms with van der Waals surface area (Å²) in [7, 11) is 3.61. The van der Waals surface area contributed by atoms with Gasteiger partial charge in [-0.25, -0.2) is 0 Å². The van der Waals surface area contributed by atoms with Crippen molar-refractivity contribution >= 4 is 11.8 Å². The zero-order valence-electron chi connectivity index (χ0n) is 14.7. The largest absolute Gasteiger partial charge is 0.375 e. The number of amides is 2. The first-order valence-corrected chi connectivity index (χ1v) is 8.07. The Bertz CT molecular complexity index is 490. The summed E-state index contributed by atoms with van der Waals surface area (Å²) in [6.07, 6.45) is 5.18. The Morgan fingerprint density at radius 2 is 1.82 bits per heavy atom. The van der Waals surface area contributed by atoms with Gasteiger partial charge < -0.3 is 15.1 Å². The summed E-state index contributed by atoms with van der Waals surface area (Å²) in [6, 6.07) is 0. The molecule has 2 amide bonds. The molecule has 0 saturated heterocycles. The summed E-state index contributed by atoms with van der Waals surface area (Å²) >= 11 is 0. The fraction of sp³-hybridized carbons (Fsp3) is 0.647. The predicted octanol–water partition coefficient (Wildman–Crippen LogP) is 2.12. The van der Waals surface area contributed by atoms with Gasteiger partial charge in [-0.1, -0.05) is 19.9 Å². The van der Waals surface area contributed by atoms with Crippen LogP contribution in [0.4, 0.5) is 0 Å². The Kier molecular flexibility index (Phi) is 6.21. The molecule has 1 aliphatic carbocycles. The molecular formula is C17H29N3O2. The minimum Gasteiger partial charge on any atom is -0.375 e. The van der Waals surface area contributed by atoms with Gasteiger partial charge in [-0.2, -0.15) is 0 Å². The molecule has 0 aromatic heterocycles. The molecule has 1 heterocycles. The summed E-state index contributed by atoms with van der Waals surface area (Å²) in [6.45, 7) is 9.37. The quantitative estimate of drug-likeness (QED) is 0.813. The van der Waals surface area contributed by atoms with E-state index in [9.17, 15) is 9.59 Å². The van der Waals surface area contributed by atoms with Crippen LogP contribution in [0, 0.1) is 5.41 Å². The van der Waals surface area contributed by atoms with Crippen LogP contribution >= 0.6 is 0 Å². The first-order valence-electron chi connectivity index (χ1n) is 8.07. The molecule has 5 heteroatoms. The molecule has 0 aromatic carbocycles. The molecule has 0 aromatic rings. The molecule has 5 nitrogen and oxygen atoms in total. The topological polar surface area (TPSA) is 52.7 Å². The van der Waals surface area contributed by atoms with E-state index in [0.717, 1.165) is 17.9 Å². The standard InChI is InChI=1S/C15H23N3O2.C2H6/c1-5-6-12-11(2)17(4)9-10-18(12)14(20)15(7-8-15)13(19)16-3;1-2/h5-6H,7-10H2,1-4H3,(H,16,19);1-2H3/b6-5-;. The Hall–Kier alpha value is -1.78. The smallest absolute Gasteiger partial charge is 0.242 e. The van der Waals surface area contributed by atoms with E-state index in [1.54, 1.807) is 11.9 Å². The number of carbonyl (C=O) groups is 2. The lowest BCUT2D eigenvalue weighted by atomic mass is 10.0. The molecule has 0 bridgehead atoms. The molecule has 1 N–H and O–H groups in total. The number of allylic oxidation sites excluding steroid dienone is 3. The average Bonchev–Trinajstić information content (AvgIpc) is 3.34. The fourth-order valence-electron chi connectivity index (χ4n) is 2.67. The molecule has 1 saturated carbocycles. The minimum atomic E-state index is -0.822. The van der Waals surface area contributed by atoms with E-state index in [1.807, 2.05) is 46.9 Å². The van der Waals surface area contributed by atoms with Gasteiger partial charge in [-0.15, -0.1) is 0 Å². The number of likely N-dealkylation sites (N-methyl/N-ethyl adjacent to an activating group) is 1. The molecule has 0 atom stereocenters. The van der Waals surface area contributed by atoms with Gasteiger partial charge in [0.15, 0.2) is 0 Å². The van der Waals surface area contributed by atoms with Crippen LogP contribution in [0.15, 0.2) is 23.5 Å². The van der Waals surface area contributed by atoms with Gasteiger partial charge in [-0.05, 0) is 32.8 Å². The maximum atomic E-state index is 12.8. The summed E-state index contributed by atoms with van der Waals surface area (Å²) in [5, 5.41) is 2.62. The number of nitrogens with one attached hydrogen (secondary N) is 1. The van der Waals surface area contributed by atoms with Crippen molar-refractivity contribution in [1.82, 2.24) is 15.1 Å². The van der Waals surface area contributed by atoms with Crippen molar-refractivity contribution < 1.29 is 9.59 Å². The van der Waals surface area contributed by atoms with Gasteiger partial charge in [0.2, 0.25) is 11.8 Å². The molecule has 0 spiro atoms. The van der Waals surface area contributed by atoms with Crippen LogP contribution in [0.5, 0.6) is 0 Å². The molecule has 2 aliphatic rings. The second kappa shape index (κ2) is 7.47. The zero-order valence-corrected chi connectivity index (χ0v) is 14.7. The summed E-state index contributed by atoms with van der Waals surface area (Å²) < 4.78 is 0. The van der Waals surface area contributed by atoms with Crippen LogP contribution in [-0.2, 0) is 9.59 Å². The monoisotopic (exact) mass is 307 g/mol. The number of rotatable bonds is 3. The van der Waals surface area contributed by atoms with Gasteiger partial charge >= 0.3 is 0 Å². The number of nitrogens with zero attached hydrogens (tertiary/aromatic N) is 2. The molecule has 1 aliphatic heterocycles. The van der Waals surface area contributed by atoms with Crippen molar-refractivity contribution in [2.45, 2.75) is 40.5 Å². The third kappa shape index (κ3) is 3.18. The first kappa shape index (κ1) is 18.3. The van der Waals surface area contributed by atoms with E-state index in [0.29, 0.717) is 19.4 Å². The van der Waals surface area contributed by atoms with E-state index in [2.05, 4.69) is 10.2 Å². The maximum absolute atomic E-state index is 12.8. The lowest BCUT2D eigenvalue weighted by molar-refractivity contribution is -0.142. The number of carbonyl (C=O) groups excluding carboxylic acids is 2. The van der Waals surface area contributed by atoms with Crippen molar-refractivity contribution in [1.29, 1.82) is 0 Å². The highest BCUT2D eigenvalue weighted by atomic mass is 16.2. The lowest BCUT2D eigenvalue weighted by Crippen LogP contribution is -2.48. The average molecular weight is 307 g/mol. The molecular weight excluding hydrogens is 278 g/mol. The molecule has 1 fully saturated rings. The van der Waals surface area contributed by atoms with Crippen LogP contribution in [0.2, 0.25) is 0 Å². The van der Waals surface area contributed by atoms with E-state index >= 15 is 0 Å². The highest BCUT2D eigenvalue weighted by Crippen LogP contribution is 2.48. The second-order valence-electron chi connectivity index (χ2n) is 5.51. The third-order valence-electron chi connectivity index (χ3n) is 4.28. The van der Waals surface area contributed by atoms with Crippen molar-refractivity contribution in [2.75, 3.05) is 27.2 Å². The second-order valence-corrected chi connectivity index (χ2v) is 5.51. The number of hydrogen-bond acceptors (Lipinski definition) is 3. The van der Waals surface area contributed by atoms with Crippen molar-refractivity contribution in [3.05, 3.63) is 23.5 Å². The third-order valence-corrected chi connectivity index (χ3v) is 4.28. The summed E-state index contributed by atoms with van der Waals surface area (Å²) in [5.41, 5.74) is 1.15. The Morgan fingerprint density at radius 3 is 2.27 bits per heavy atom. The SMILES string of the molecule is C/C=C\C1=C(C)N(C)CCN1C(=O)C1(C(=O)NC)CC1.CC. The van der Waals surface area contributed by atoms with E-state index in [1.165, 1.54) is 0 Å². The van der Waals surface area contributed by atoms with Gasteiger partial charge in [0, 0.05) is 32.9 Å². The zero-order chi connectivity index (χ0) is 16.9. The summed E-state index contributed by atoms with van der Waals surface area (Å²) in [4.78, 5) is 28.7. The van der Waals surface area contributed by atoms with Crippen LogP contribution in [0.3, 0.4) is 0 Å². The van der Waals surface area contributed by atoms with Crippen molar-refractivity contribution in [2.24, 2.45) is 5.41 Å². The van der Waals surface area contributed by atoms with Gasteiger partial charge in [0.1, 0.15) is 5.41 Å². The fourth-order valence-corrected chi connectivity index (χ4v) is 2.67. The summed E-state index contributed by atoms with van der Waals surface area (Å²) in [5.74, 6) is -0.212. The van der Waals surface area contributed by atoms with Gasteiger partial charge in [0.05, 0.1) is 5.70 Å². The normalized spacial score (nSPS) is 19.7. The molecule has 2 rings (SSSR count). The van der Waals surface area contributed by atoms with E-state index in [-0.39, 0.29) is 11.8 Å². The Labute approximate surface area is 134 Å². The van der Waals surface area contributed by atoms with Crippen molar-refractivity contribution in [3.63, 3.8) is 0 Å². The Morgan fingerprint density at radius 1 is 1.23 bits per heavy atom. The number of hydrogen-bond donors (Lipinski definition) is 1. The molecule has 0 radical (unpaired) electrons. The molecule has 22 heavy (non-hydrogen) atoms. The van der Waals surface area contributed by atoms with E-state index in [4.69, 9.17) is 0 Å². The first-order chi connectivity index (χ1) is 10.5. The van der Waals surface area contributed by atoms with Gasteiger partial charge in [-0.3, -0.25) is 9.59 Å². The highest BCUT2D eigenvalue weighted by molar-refractivity contribution is 6.08. The lowest BCUT2D eigenvalue weighted by Gasteiger charge is -2.37. The van der Waals surface area contributed by atoms with Crippen molar-refractivity contribution in [3.8, 4) is 0 Å². The predicted molar refractivity (Wildman–Crippen MR) is 88.9 cm³/mol. The molecule has 0 unspecified atom stereocenters. The van der Waals surface area contributed by atoms with Crippen LogP contribution < -0.4 is 5.32 Å². The van der Waals surface area contributed by atoms with E-state index < -0.39 is 5.41 Å².